The van der Waals surface area contributed by atoms with Crippen molar-refractivity contribution in [2.24, 2.45) is 0 Å². The number of halogens is 1. The van der Waals surface area contributed by atoms with Crippen LogP contribution in [-0.4, -0.2) is 37.0 Å². The van der Waals surface area contributed by atoms with E-state index >= 15 is 0 Å². The third-order valence-electron chi connectivity index (χ3n) is 6.73. The minimum atomic E-state index is -0.783. The highest BCUT2D eigenvalue weighted by molar-refractivity contribution is 5.99. The Morgan fingerprint density at radius 2 is 1.68 bits per heavy atom. The summed E-state index contributed by atoms with van der Waals surface area (Å²) in [4.78, 5) is 15.7. The van der Waals surface area contributed by atoms with Crippen LogP contribution in [0.4, 0.5) is 10.1 Å². The molecule has 31 heavy (non-hydrogen) atoms. The van der Waals surface area contributed by atoms with E-state index in [9.17, 15) is 9.18 Å². The number of carbonyl (C=O) groups excluding carboxylic acids is 1. The molecule has 4 rings (SSSR count). The number of amides is 1. The van der Waals surface area contributed by atoms with E-state index in [-0.39, 0.29) is 11.7 Å². The molecule has 0 aromatic heterocycles. The van der Waals surface area contributed by atoms with Gasteiger partial charge in [-0.3, -0.25) is 4.79 Å². The minimum absolute atomic E-state index is 0.120. The molecule has 1 N–H and O–H groups in total. The number of ether oxygens (including phenoxy) is 1. The SMILES string of the molecule is O=C(Nc1ccc(OCCCN2CCCCC2)cc1)C1(c2ccccc2F)CCCC1. The summed E-state index contributed by atoms with van der Waals surface area (Å²) < 4.78 is 20.4. The van der Waals surface area contributed by atoms with E-state index in [1.165, 1.54) is 38.4 Å². The number of rotatable bonds is 8. The Hall–Kier alpha value is -2.40. The highest BCUT2D eigenvalue weighted by atomic mass is 19.1. The smallest absolute Gasteiger partial charge is 0.235 e. The van der Waals surface area contributed by atoms with Crippen molar-refractivity contribution in [1.29, 1.82) is 0 Å². The maximum absolute atomic E-state index is 14.5. The number of nitrogens with zero attached hydrogens (tertiary/aromatic N) is 1. The fourth-order valence-corrected chi connectivity index (χ4v) is 4.99. The quantitative estimate of drug-likeness (QED) is 0.567. The van der Waals surface area contributed by atoms with Crippen molar-refractivity contribution in [3.8, 4) is 5.75 Å². The molecule has 4 nitrogen and oxygen atoms in total. The molecule has 1 aliphatic heterocycles. The van der Waals surface area contributed by atoms with Crippen LogP contribution in [0, 0.1) is 5.82 Å². The van der Waals surface area contributed by atoms with Gasteiger partial charge in [-0.1, -0.05) is 37.5 Å². The van der Waals surface area contributed by atoms with Gasteiger partial charge >= 0.3 is 0 Å². The largest absolute Gasteiger partial charge is 0.494 e. The van der Waals surface area contributed by atoms with E-state index < -0.39 is 5.41 Å². The molecule has 0 unspecified atom stereocenters. The van der Waals surface area contributed by atoms with Crippen molar-refractivity contribution in [2.45, 2.75) is 56.8 Å². The number of piperidine rings is 1. The van der Waals surface area contributed by atoms with Crippen LogP contribution in [0.25, 0.3) is 0 Å². The number of hydrogen-bond acceptors (Lipinski definition) is 3. The minimum Gasteiger partial charge on any atom is -0.494 e. The van der Waals surface area contributed by atoms with Gasteiger partial charge in [0.2, 0.25) is 5.91 Å². The fourth-order valence-electron chi connectivity index (χ4n) is 4.99. The summed E-state index contributed by atoms with van der Waals surface area (Å²) >= 11 is 0. The van der Waals surface area contributed by atoms with Crippen molar-refractivity contribution in [3.05, 3.63) is 59.9 Å². The predicted octanol–water partition coefficient (Wildman–Crippen LogP) is 5.53. The molecule has 1 amide bonds. The number of benzene rings is 2. The third-order valence-corrected chi connectivity index (χ3v) is 6.73. The topological polar surface area (TPSA) is 41.6 Å². The molecule has 1 aliphatic carbocycles. The number of likely N-dealkylation sites (tertiary alicyclic amines) is 1. The summed E-state index contributed by atoms with van der Waals surface area (Å²) in [5, 5.41) is 3.02. The van der Waals surface area contributed by atoms with Crippen LogP contribution in [0.3, 0.4) is 0 Å². The van der Waals surface area contributed by atoms with E-state index in [2.05, 4.69) is 10.2 Å². The molecule has 2 fully saturated rings. The predicted molar refractivity (Wildman–Crippen MR) is 122 cm³/mol. The average molecular weight is 425 g/mol. The van der Waals surface area contributed by atoms with Crippen LogP contribution in [0.15, 0.2) is 48.5 Å². The zero-order chi connectivity index (χ0) is 21.5. The molecule has 2 aliphatic rings. The molecule has 0 radical (unpaired) electrons. The first-order valence-electron chi connectivity index (χ1n) is 11.7. The summed E-state index contributed by atoms with van der Waals surface area (Å²) in [7, 11) is 0. The van der Waals surface area contributed by atoms with E-state index in [0.717, 1.165) is 31.6 Å². The van der Waals surface area contributed by atoms with Gasteiger partial charge in [0, 0.05) is 17.8 Å². The Bertz CT molecular complexity index is 856. The van der Waals surface area contributed by atoms with Crippen molar-refractivity contribution < 1.29 is 13.9 Å². The molecular weight excluding hydrogens is 391 g/mol. The standard InChI is InChI=1S/C26H33FN2O2/c27-24-10-3-2-9-23(24)26(15-4-5-16-26)25(30)28-21-11-13-22(14-12-21)31-20-8-19-29-17-6-1-7-18-29/h2-3,9-14H,1,4-8,15-20H2,(H,28,30). The zero-order valence-corrected chi connectivity index (χ0v) is 18.2. The number of nitrogens with one attached hydrogen (secondary N) is 1. The van der Waals surface area contributed by atoms with Gasteiger partial charge in [-0.05, 0) is 75.5 Å². The Balaban J connectivity index is 1.31. The van der Waals surface area contributed by atoms with Gasteiger partial charge < -0.3 is 15.0 Å². The molecule has 1 saturated heterocycles. The zero-order valence-electron chi connectivity index (χ0n) is 18.2. The molecule has 2 aromatic carbocycles. The first-order chi connectivity index (χ1) is 15.2. The molecule has 5 heteroatoms. The second-order valence-corrected chi connectivity index (χ2v) is 8.85. The Morgan fingerprint density at radius 3 is 2.39 bits per heavy atom. The number of hydrogen-bond donors (Lipinski definition) is 1. The van der Waals surface area contributed by atoms with Crippen molar-refractivity contribution in [2.75, 3.05) is 31.6 Å². The van der Waals surface area contributed by atoms with Crippen LogP contribution < -0.4 is 10.1 Å². The van der Waals surface area contributed by atoms with Gasteiger partial charge in [-0.25, -0.2) is 4.39 Å². The first kappa shape index (κ1) is 21.8. The summed E-state index contributed by atoms with van der Waals surface area (Å²) in [6.07, 6.45) is 8.23. The van der Waals surface area contributed by atoms with Gasteiger partial charge in [0.1, 0.15) is 11.6 Å². The second kappa shape index (κ2) is 10.3. The van der Waals surface area contributed by atoms with E-state index in [0.29, 0.717) is 30.7 Å². The van der Waals surface area contributed by atoms with Crippen LogP contribution in [0.1, 0.15) is 56.9 Å². The average Bonchev–Trinajstić information content (AvgIpc) is 3.30. The van der Waals surface area contributed by atoms with Gasteiger partial charge in [-0.15, -0.1) is 0 Å². The number of carbonyl (C=O) groups is 1. The molecule has 2 aromatic rings. The second-order valence-electron chi connectivity index (χ2n) is 8.85. The lowest BCUT2D eigenvalue weighted by molar-refractivity contribution is -0.121. The van der Waals surface area contributed by atoms with E-state index in [4.69, 9.17) is 4.74 Å². The van der Waals surface area contributed by atoms with Crippen LogP contribution in [0.5, 0.6) is 5.75 Å². The van der Waals surface area contributed by atoms with Crippen molar-refractivity contribution in [3.63, 3.8) is 0 Å². The summed E-state index contributed by atoms with van der Waals surface area (Å²) in [5.74, 6) is 0.388. The van der Waals surface area contributed by atoms with E-state index in [1.807, 2.05) is 30.3 Å². The highest BCUT2D eigenvalue weighted by Gasteiger charge is 2.44. The Kier molecular flexibility index (Phi) is 7.23. The molecule has 0 spiro atoms. The summed E-state index contributed by atoms with van der Waals surface area (Å²) in [6, 6.07) is 14.2. The van der Waals surface area contributed by atoms with E-state index in [1.54, 1.807) is 12.1 Å². The summed E-state index contributed by atoms with van der Waals surface area (Å²) in [5.41, 5.74) is 0.446. The summed E-state index contributed by atoms with van der Waals surface area (Å²) in [6.45, 7) is 4.20. The highest BCUT2D eigenvalue weighted by Crippen LogP contribution is 2.43. The lowest BCUT2D eigenvalue weighted by atomic mass is 9.77. The lowest BCUT2D eigenvalue weighted by Gasteiger charge is -2.28. The molecule has 0 bridgehead atoms. The third kappa shape index (κ3) is 5.27. The van der Waals surface area contributed by atoms with Crippen LogP contribution >= 0.6 is 0 Å². The van der Waals surface area contributed by atoms with Gasteiger partial charge in [-0.2, -0.15) is 0 Å². The maximum Gasteiger partial charge on any atom is 0.235 e. The maximum atomic E-state index is 14.5. The molecule has 0 atom stereocenters. The van der Waals surface area contributed by atoms with Crippen LogP contribution in [0.2, 0.25) is 0 Å². The Morgan fingerprint density at radius 1 is 0.968 bits per heavy atom. The monoisotopic (exact) mass is 424 g/mol. The fraction of sp³-hybridized carbons (Fsp3) is 0.500. The molecular formula is C26H33FN2O2. The van der Waals surface area contributed by atoms with Crippen molar-refractivity contribution in [1.82, 2.24) is 4.90 Å². The molecule has 166 valence electrons. The number of anilines is 1. The van der Waals surface area contributed by atoms with Gasteiger partial charge in [0.25, 0.3) is 0 Å². The van der Waals surface area contributed by atoms with Gasteiger partial charge in [0.05, 0.1) is 12.0 Å². The molecule has 1 saturated carbocycles. The first-order valence-corrected chi connectivity index (χ1v) is 11.7. The van der Waals surface area contributed by atoms with Gasteiger partial charge in [0.15, 0.2) is 0 Å². The lowest BCUT2D eigenvalue weighted by Crippen LogP contribution is -2.38. The normalized spacial score (nSPS) is 18.6. The Labute approximate surface area is 184 Å². The van der Waals surface area contributed by atoms with Crippen LogP contribution in [-0.2, 0) is 10.2 Å². The van der Waals surface area contributed by atoms with Crippen molar-refractivity contribution >= 4 is 11.6 Å². The molecule has 1 heterocycles.